The molecular formula is C14H22N2O. The highest BCUT2D eigenvalue weighted by molar-refractivity contribution is 5.94. The number of nitrogens with zero attached hydrogens (tertiary/aromatic N) is 1. The Morgan fingerprint density at radius 1 is 1.29 bits per heavy atom. The quantitative estimate of drug-likeness (QED) is 0.849. The summed E-state index contributed by atoms with van der Waals surface area (Å²) in [6.45, 7) is 8.30. The third kappa shape index (κ3) is 3.86. The lowest BCUT2D eigenvalue weighted by Crippen LogP contribution is -2.33. The summed E-state index contributed by atoms with van der Waals surface area (Å²) in [5.74, 6) is 0.590. The molecule has 2 N–H and O–H groups in total. The van der Waals surface area contributed by atoms with E-state index in [1.54, 1.807) is 0 Å². The molecule has 0 atom stereocenters. The van der Waals surface area contributed by atoms with Crippen LogP contribution in [-0.4, -0.2) is 23.9 Å². The number of benzene rings is 1. The Kier molecular flexibility index (Phi) is 5.16. The smallest absolute Gasteiger partial charge is 0.253 e. The van der Waals surface area contributed by atoms with E-state index in [2.05, 4.69) is 13.8 Å². The molecule has 1 rings (SSSR count). The minimum Gasteiger partial charge on any atom is -0.339 e. The van der Waals surface area contributed by atoms with Crippen LogP contribution in [0.2, 0.25) is 0 Å². The van der Waals surface area contributed by atoms with Gasteiger partial charge in [-0.05, 0) is 30.5 Å². The van der Waals surface area contributed by atoms with E-state index >= 15 is 0 Å². The van der Waals surface area contributed by atoms with Crippen molar-refractivity contribution in [3.05, 3.63) is 35.4 Å². The molecule has 1 amide bonds. The number of amides is 1. The Morgan fingerprint density at radius 2 is 1.88 bits per heavy atom. The largest absolute Gasteiger partial charge is 0.339 e. The second-order valence-corrected chi connectivity index (χ2v) is 4.64. The van der Waals surface area contributed by atoms with Crippen LogP contribution in [0.5, 0.6) is 0 Å². The van der Waals surface area contributed by atoms with Crippen LogP contribution in [0.1, 0.15) is 36.7 Å². The monoisotopic (exact) mass is 234 g/mol. The Hall–Kier alpha value is -1.35. The molecule has 0 radical (unpaired) electrons. The maximum absolute atomic E-state index is 12.2. The van der Waals surface area contributed by atoms with Crippen LogP contribution in [0.15, 0.2) is 24.3 Å². The summed E-state index contributed by atoms with van der Waals surface area (Å²) < 4.78 is 0. The van der Waals surface area contributed by atoms with Gasteiger partial charge in [0.2, 0.25) is 0 Å². The molecule has 0 aliphatic carbocycles. The highest BCUT2D eigenvalue weighted by atomic mass is 16.2. The van der Waals surface area contributed by atoms with E-state index in [-0.39, 0.29) is 5.91 Å². The first kappa shape index (κ1) is 13.7. The molecule has 0 fully saturated rings. The highest BCUT2D eigenvalue weighted by Crippen LogP contribution is 2.09. The first-order chi connectivity index (χ1) is 8.08. The van der Waals surface area contributed by atoms with Gasteiger partial charge in [-0.2, -0.15) is 0 Å². The Labute approximate surface area is 104 Å². The SMILES string of the molecule is CCN(CC(C)C)C(=O)c1ccc(CN)cc1. The van der Waals surface area contributed by atoms with Gasteiger partial charge in [0, 0.05) is 25.2 Å². The first-order valence-electron chi connectivity index (χ1n) is 6.16. The fraction of sp³-hybridized carbons (Fsp3) is 0.500. The minimum atomic E-state index is 0.102. The zero-order valence-electron chi connectivity index (χ0n) is 10.9. The summed E-state index contributed by atoms with van der Waals surface area (Å²) >= 11 is 0. The van der Waals surface area contributed by atoms with Crippen LogP contribution in [-0.2, 0) is 6.54 Å². The molecule has 94 valence electrons. The molecule has 0 unspecified atom stereocenters. The van der Waals surface area contributed by atoms with Crippen molar-refractivity contribution in [2.45, 2.75) is 27.3 Å². The van der Waals surface area contributed by atoms with Crippen molar-refractivity contribution in [2.75, 3.05) is 13.1 Å². The van der Waals surface area contributed by atoms with Gasteiger partial charge in [-0.15, -0.1) is 0 Å². The summed E-state index contributed by atoms with van der Waals surface area (Å²) in [6.07, 6.45) is 0. The normalized spacial score (nSPS) is 10.6. The molecule has 0 aromatic heterocycles. The van der Waals surface area contributed by atoms with E-state index in [4.69, 9.17) is 5.73 Å². The fourth-order valence-electron chi connectivity index (χ4n) is 1.76. The van der Waals surface area contributed by atoms with Crippen molar-refractivity contribution >= 4 is 5.91 Å². The van der Waals surface area contributed by atoms with E-state index < -0.39 is 0 Å². The second kappa shape index (κ2) is 6.40. The summed E-state index contributed by atoms with van der Waals surface area (Å²) in [5.41, 5.74) is 7.32. The number of hydrogen-bond acceptors (Lipinski definition) is 2. The van der Waals surface area contributed by atoms with E-state index in [1.807, 2.05) is 36.1 Å². The molecule has 3 nitrogen and oxygen atoms in total. The summed E-state index contributed by atoms with van der Waals surface area (Å²) in [7, 11) is 0. The van der Waals surface area contributed by atoms with Gasteiger partial charge < -0.3 is 10.6 Å². The fourth-order valence-corrected chi connectivity index (χ4v) is 1.76. The van der Waals surface area contributed by atoms with Crippen molar-refractivity contribution in [3.63, 3.8) is 0 Å². The molecule has 0 heterocycles. The van der Waals surface area contributed by atoms with Crippen LogP contribution in [0.4, 0.5) is 0 Å². The third-order valence-electron chi connectivity index (χ3n) is 2.69. The number of carbonyl (C=O) groups is 1. The summed E-state index contributed by atoms with van der Waals surface area (Å²) in [4.78, 5) is 14.1. The van der Waals surface area contributed by atoms with Crippen LogP contribution >= 0.6 is 0 Å². The van der Waals surface area contributed by atoms with Gasteiger partial charge in [0.1, 0.15) is 0 Å². The predicted octanol–water partition coefficient (Wildman–Crippen LogP) is 2.26. The van der Waals surface area contributed by atoms with Crippen LogP contribution in [0.3, 0.4) is 0 Å². The average Bonchev–Trinajstić information content (AvgIpc) is 2.35. The zero-order chi connectivity index (χ0) is 12.8. The molecule has 1 aromatic carbocycles. The van der Waals surface area contributed by atoms with Gasteiger partial charge in [0.25, 0.3) is 5.91 Å². The molecule has 0 saturated heterocycles. The highest BCUT2D eigenvalue weighted by Gasteiger charge is 2.14. The topological polar surface area (TPSA) is 46.3 Å². The van der Waals surface area contributed by atoms with Crippen molar-refractivity contribution < 1.29 is 4.79 Å². The lowest BCUT2D eigenvalue weighted by molar-refractivity contribution is 0.0746. The van der Waals surface area contributed by atoms with Crippen LogP contribution < -0.4 is 5.73 Å². The molecule has 0 aliphatic rings. The van der Waals surface area contributed by atoms with E-state index in [0.717, 1.165) is 24.2 Å². The molecule has 1 aromatic rings. The molecule has 3 heteroatoms. The number of nitrogens with two attached hydrogens (primary N) is 1. The van der Waals surface area contributed by atoms with Gasteiger partial charge in [-0.1, -0.05) is 26.0 Å². The van der Waals surface area contributed by atoms with E-state index in [1.165, 1.54) is 0 Å². The van der Waals surface area contributed by atoms with Crippen molar-refractivity contribution in [3.8, 4) is 0 Å². The Morgan fingerprint density at radius 3 is 2.29 bits per heavy atom. The lowest BCUT2D eigenvalue weighted by atomic mass is 10.1. The van der Waals surface area contributed by atoms with E-state index in [9.17, 15) is 4.79 Å². The number of carbonyl (C=O) groups excluding carboxylic acids is 1. The van der Waals surface area contributed by atoms with Gasteiger partial charge in [-0.25, -0.2) is 0 Å². The Balaban J connectivity index is 2.78. The number of rotatable bonds is 5. The molecule has 0 saturated carbocycles. The zero-order valence-corrected chi connectivity index (χ0v) is 10.9. The standard InChI is InChI=1S/C14H22N2O/c1-4-16(10-11(2)3)14(17)13-7-5-12(9-15)6-8-13/h5-8,11H,4,9-10,15H2,1-3H3. The maximum atomic E-state index is 12.2. The molecule has 0 spiro atoms. The van der Waals surface area contributed by atoms with Crippen molar-refractivity contribution in [1.29, 1.82) is 0 Å². The van der Waals surface area contributed by atoms with Gasteiger partial charge in [0.05, 0.1) is 0 Å². The molecule has 0 aliphatic heterocycles. The lowest BCUT2D eigenvalue weighted by Gasteiger charge is -2.23. The van der Waals surface area contributed by atoms with Crippen LogP contribution in [0, 0.1) is 5.92 Å². The van der Waals surface area contributed by atoms with Gasteiger partial charge >= 0.3 is 0 Å². The van der Waals surface area contributed by atoms with Crippen molar-refractivity contribution in [1.82, 2.24) is 4.90 Å². The van der Waals surface area contributed by atoms with Gasteiger partial charge in [0.15, 0.2) is 0 Å². The first-order valence-corrected chi connectivity index (χ1v) is 6.16. The molecule has 0 bridgehead atoms. The molecule has 17 heavy (non-hydrogen) atoms. The third-order valence-corrected chi connectivity index (χ3v) is 2.69. The summed E-state index contributed by atoms with van der Waals surface area (Å²) in [6, 6.07) is 7.54. The minimum absolute atomic E-state index is 0.102. The van der Waals surface area contributed by atoms with Crippen LogP contribution in [0.25, 0.3) is 0 Å². The number of hydrogen-bond donors (Lipinski definition) is 1. The Bertz CT molecular complexity index is 357. The van der Waals surface area contributed by atoms with E-state index in [0.29, 0.717) is 12.5 Å². The summed E-state index contributed by atoms with van der Waals surface area (Å²) in [5, 5.41) is 0. The molecular weight excluding hydrogens is 212 g/mol. The van der Waals surface area contributed by atoms with Gasteiger partial charge in [-0.3, -0.25) is 4.79 Å². The average molecular weight is 234 g/mol. The predicted molar refractivity (Wildman–Crippen MR) is 70.7 cm³/mol. The second-order valence-electron chi connectivity index (χ2n) is 4.64. The van der Waals surface area contributed by atoms with Crippen molar-refractivity contribution in [2.24, 2.45) is 11.7 Å². The maximum Gasteiger partial charge on any atom is 0.253 e.